The summed E-state index contributed by atoms with van der Waals surface area (Å²) in [5.41, 5.74) is 1.77. The Balaban J connectivity index is 1.47. The number of carbonyl (C=O) groups excluding carboxylic acids is 1. The zero-order valence-electron chi connectivity index (χ0n) is 20.6. The van der Waals surface area contributed by atoms with Crippen LogP contribution in [0.3, 0.4) is 0 Å². The molecule has 4 rings (SSSR count). The number of allylic oxidation sites excluding steroid dienone is 1. The third kappa shape index (κ3) is 4.36. The minimum Gasteiger partial charge on any atom is -0.450 e. The molecular weight excluding hydrogens is 404 g/mol. The van der Waals surface area contributed by atoms with Gasteiger partial charge in [0.1, 0.15) is 6.10 Å². The van der Waals surface area contributed by atoms with Crippen molar-refractivity contribution in [3.05, 3.63) is 11.6 Å². The minimum atomic E-state index is -0.643. The van der Waals surface area contributed by atoms with Gasteiger partial charge in [0.15, 0.2) is 0 Å². The maximum atomic E-state index is 11.2. The monoisotopic (exact) mass is 448 g/mol. The number of fused-ring (bicyclic) bond motifs is 5. The van der Waals surface area contributed by atoms with Crippen LogP contribution in [0.1, 0.15) is 105 Å². The largest absolute Gasteiger partial charge is 0.450 e. The molecule has 0 amide bonds. The second-order valence-corrected chi connectivity index (χ2v) is 12.8. The van der Waals surface area contributed by atoms with E-state index in [0.29, 0.717) is 10.8 Å². The van der Waals surface area contributed by atoms with Gasteiger partial charge in [-0.05, 0) is 91.3 Å². The Hall–Kier alpha value is -0.500. The van der Waals surface area contributed by atoms with Gasteiger partial charge in [0.25, 0.3) is 0 Å². The summed E-state index contributed by atoms with van der Waals surface area (Å²) in [6.07, 6.45) is 16.7. The lowest BCUT2D eigenvalue weighted by atomic mass is 9.47. The fourth-order valence-corrected chi connectivity index (χ4v) is 9.01. The molecule has 0 radical (unpaired) electrons. The Bertz CT molecular complexity index is 699. The first-order valence-corrected chi connectivity index (χ1v) is 13.6. The predicted molar refractivity (Wildman–Crippen MR) is 129 cm³/mol. The van der Waals surface area contributed by atoms with Crippen LogP contribution in [0.25, 0.3) is 0 Å². The van der Waals surface area contributed by atoms with Crippen LogP contribution in [0, 0.1) is 46.3 Å². The lowest BCUT2D eigenvalue weighted by molar-refractivity contribution is -0.0573. The standard InChI is InChI=1S/C28H45ClO2/c1-18(2)7-6-8-19(3)23-11-12-24-22-10-9-20-17-21(31-26(29)30)13-15-27(20,4)25(22)14-16-28(23,24)5/h9,18-19,21-25H,6-8,10-17H2,1-5H3/t19-,21+,22-,23?,24-,25-,27+,28+/m1/s1. The van der Waals surface area contributed by atoms with Crippen LogP contribution >= 0.6 is 11.6 Å². The van der Waals surface area contributed by atoms with Crippen LogP contribution in [0.5, 0.6) is 0 Å². The zero-order chi connectivity index (χ0) is 22.4. The van der Waals surface area contributed by atoms with Gasteiger partial charge in [0.05, 0.1) is 0 Å². The third-order valence-corrected chi connectivity index (χ3v) is 10.6. The number of rotatable bonds is 6. The molecular formula is C28H45ClO2. The van der Waals surface area contributed by atoms with Gasteiger partial charge in [-0.3, -0.25) is 0 Å². The van der Waals surface area contributed by atoms with Crippen LogP contribution in [0.15, 0.2) is 11.6 Å². The summed E-state index contributed by atoms with van der Waals surface area (Å²) < 4.78 is 5.38. The lowest BCUT2D eigenvalue weighted by Crippen LogP contribution is -2.51. The van der Waals surface area contributed by atoms with Crippen molar-refractivity contribution < 1.29 is 9.53 Å². The summed E-state index contributed by atoms with van der Waals surface area (Å²) in [7, 11) is 0. The van der Waals surface area contributed by atoms with Gasteiger partial charge in [0.2, 0.25) is 0 Å². The SMILES string of the molecule is CC(C)CCC[C@@H](C)C1CC[C@@H]2[C@H]3CC=C4C[C@@H](OC(=O)Cl)CC[C@]4(C)[C@@H]3CC[C@@]12C. The minimum absolute atomic E-state index is 0.0164. The summed E-state index contributed by atoms with van der Waals surface area (Å²) >= 11 is 5.51. The van der Waals surface area contributed by atoms with E-state index in [4.69, 9.17) is 16.3 Å². The van der Waals surface area contributed by atoms with Gasteiger partial charge in [-0.25, -0.2) is 4.79 Å². The van der Waals surface area contributed by atoms with Gasteiger partial charge in [-0.1, -0.05) is 65.5 Å². The molecule has 1 unspecified atom stereocenters. The molecule has 3 saturated carbocycles. The Morgan fingerprint density at radius 3 is 2.58 bits per heavy atom. The van der Waals surface area contributed by atoms with Crippen molar-refractivity contribution in [3.8, 4) is 0 Å². The highest BCUT2D eigenvalue weighted by Crippen LogP contribution is 2.67. The van der Waals surface area contributed by atoms with Crippen molar-refractivity contribution in [3.63, 3.8) is 0 Å². The Morgan fingerprint density at radius 1 is 1.10 bits per heavy atom. The fourth-order valence-electron chi connectivity index (χ4n) is 8.88. The van der Waals surface area contributed by atoms with E-state index in [2.05, 4.69) is 40.7 Å². The van der Waals surface area contributed by atoms with Crippen molar-refractivity contribution >= 4 is 17.0 Å². The van der Waals surface area contributed by atoms with Crippen molar-refractivity contribution in [2.75, 3.05) is 0 Å². The molecule has 0 aliphatic heterocycles. The molecule has 0 aromatic carbocycles. The summed E-state index contributed by atoms with van der Waals surface area (Å²) in [4.78, 5) is 11.2. The maximum absolute atomic E-state index is 11.2. The topological polar surface area (TPSA) is 26.3 Å². The van der Waals surface area contributed by atoms with Gasteiger partial charge in [-0.2, -0.15) is 0 Å². The molecule has 8 atom stereocenters. The van der Waals surface area contributed by atoms with Crippen molar-refractivity contribution in [2.24, 2.45) is 46.3 Å². The molecule has 4 aliphatic rings. The molecule has 176 valence electrons. The van der Waals surface area contributed by atoms with Crippen LogP contribution in [-0.4, -0.2) is 11.5 Å². The molecule has 4 aliphatic carbocycles. The number of hydrogen-bond donors (Lipinski definition) is 0. The number of ether oxygens (including phenoxy) is 1. The van der Waals surface area contributed by atoms with E-state index < -0.39 is 5.43 Å². The van der Waals surface area contributed by atoms with E-state index in [9.17, 15) is 4.79 Å². The highest BCUT2D eigenvalue weighted by Gasteiger charge is 2.59. The van der Waals surface area contributed by atoms with Crippen LogP contribution in [0.2, 0.25) is 0 Å². The number of carbonyl (C=O) groups is 1. The molecule has 0 heterocycles. The lowest BCUT2D eigenvalue weighted by Gasteiger charge is -2.58. The Labute approximate surface area is 195 Å². The zero-order valence-corrected chi connectivity index (χ0v) is 21.3. The highest BCUT2D eigenvalue weighted by molar-refractivity contribution is 6.61. The molecule has 0 aromatic rings. The maximum Gasteiger partial charge on any atom is 0.404 e. The van der Waals surface area contributed by atoms with E-state index >= 15 is 0 Å². The molecule has 0 N–H and O–H groups in total. The third-order valence-electron chi connectivity index (χ3n) is 10.5. The quantitative estimate of drug-likeness (QED) is 0.299. The normalized spacial score (nSPS) is 42.9. The summed E-state index contributed by atoms with van der Waals surface area (Å²) in [5, 5.41) is 0. The van der Waals surface area contributed by atoms with Gasteiger partial charge >= 0.3 is 5.43 Å². The average Bonchev–Trinajstić information content (AvgIpc) is 3.05. The molecule has 3 heteroatoms. The number of hydrogen-bond acceptors (Lipinski definition) is 2. The second kappa shape index (κ2) is 9.03. The number of halogens is 1. The Kier molecular flexibility index (Phi) is 6.89. The Morgan fingerprint density at radius 2 is 1.87 bits per heavy atom. The van der Waals surface area contributed by atoms with Crippen LogP contribution < -0.4 is 0 Å². The molecule has 2 nitrogen and oxygen atoms in total. The average molecular weight is 449 g/mol. The first-order valence-electron chi connectivity index (χ1n) is 13.2. The van der Waals surface area contributed by atoms with E-state index in [1.807, 2.05) is 0 Å². The smallest absolute Gasteiger partial charge is 0.404 e. The predicted octanol–water partition coefficient (Wildman–Crippen LogP) is 8.77. The van der Waals surface area contributed by atoms with Crippen LogP contribution in [0.4, 0.5) is 4.79 Å². The molecule has 0 bridgehead atoms. The van der Waals surface area contributed by atoms with Gasteiger partial charge < -0.3 is 4.74 Å². The summed E-state index contributed by atoms with van der Waals surface area (Å²) in [6.45, 7) is 12.5. The molecule has 0 aromatic heterocycles. The van der Waals surface area contributed by atoms with Crippen molar-refractivity contribution in [1.29, 1.82) is 0 Å². The summed E-state index contributed by atoms with van der Waals surface area (Å²) in [6, 6.07) is 0. The van der Waals surface area contributed by atoms with Crippen molar-refractivity contribution in [1.82, 2.24) is 0 Å². The van der Waals surface area contributed by atoms with E-state index in [1.54, 1.807) is 5.57 Å². The van der Waals surface area contributed by atoms with E-state index in [0.717, 1.165) is 54.8 Å². The second-order valence-electron chi connectivity index (χ2n) is 12.5. The molecule has 0 saturated heterocycles. The van der Waals surface area contributed by atoms with Gasteiger partial charge in [-0.15, -0.1) is 0 Å². The summed E-state index contributed by atoms with van der Waals surface area (Å²) in [5.74, 6) is 5.19. The van der Waals surface area contributed by atoms with Crippen LogP contribution in [-0.2, 0) is 4.74 Å². The van der Waals surface area contributed by atoms with Crippen molar-refractivity contribution in [2.45, 2.75) is 111 Å². The first kappa shape index (κ1) is 23.7. The van der Waals surface area contributed by atoms with E-state index in [1.165, 1.54) is 51.4 Å². The highest BCUT2D eigenvalue weighted by atomic mass is 35.5. The molecule has 3 fully saturated rings. The molecule has 31 heavy (non-hydrogen) atoms. The fraction of sp³-hybridized carbons (Fsp3) is 0.893. The van der Waals surface area contributed by atoms with E-state index in [-0.39, 0.29) is 6.10 Å². The molecule has 0 spiro atoms. The first-order chi connectivity index (χ1) is 14.6. The van der Waals surface area contributed by atoms with Gasteiger partial charge in [0, 0.05) is 18.0 Å².